The summed E-state index contributed by atoms with van der Waals surface area (Å²) in [5.74, 6) is 1.95. The number of nitrogens with zero attached hydrogens (tertiary/aromatic N) is 3. The molecule has 0 radical (unpaired) electrons. The van der Waals surface area contributed by atoms with Gasteiger partial charge in [-0.25, -0.2) is 15.0 Å². The maximum atomic E-state index is 6.72. The van der Waals surface area contributed by atoms with Crippen molar-refractivity contribution in [3.63, 3.8) is 0 Å². The molecule has 0 fully saturated rings. The SMILES string of the molecule is c1ccc(-c2ccc(-c3nc(-c4ccccc4)nc(-c4cccc5oc6cc(C7c8ccccc8-c8c7ccc7c8sc8ccccc87)ccc6c45)n3)cc2)cc1. The molecule has 266 valence electrons. The molecule has 8 aromatic carbocycles. The van der Waals surface area contributed by atoms with Crippen LogP contribution >= 0.6 is 11.3 Å². The monoisotopic (exact) mass is 745 g/mol. The number of thiophene rings is 1. The van der Waals surface area contributed by atoms with Crippen molar-refractivity contribution >= 4 is 53.4 Å². The maximum Gasteiger partial charge on any atom is 0.164 e. The minimum absolute atomic E-state index is 0.0932. The summed E-state index contributed by atoms with van der Waals surface area (Å²) in [4.78, 5) is 15.3. The van der Waals surface area contributed by atoms with Gasteiger partial charge in [0.2, 0.25) is 0 Å². The van der Waals surface area contributed by atoms with E-state index >= 15 is 0 Å². The fourth-order valence-corrected chi connectivity index (χ4v) is 10.1. The van der Waals surface area contributed by atoms with Crippen molar-refractivity contribution in [2.24, 2.45) is 0 Å². The van der Waals surface area contributed by atoms with Crippen molar-refractivity contribution in [2.45, 2.75) is 5.92 Å². The van der Waals surface area contributed by atoms with Crippen molar-refractivity contribution in [3.05, 3.63) is 199 Å². The van der Waals surface area contributed by atoms with Gasteiger partial charge in [0.15, 0.2) is 17.5 Å². The summed E-state index contributed by atoms with van der Waals surface area (Å²) in [5.41, 5.74) is 13.3. The lowest BCUT2D eigenvalue weighted by Gasteiger charge is -2.14. The Hall–Kier alpha value is -7.21. The van der Waals surface area contributed by atoms with Crippen LogP contribution in [0.2, 0.25) is 0 Å². The van der Waals surface area contributed by atoms with Crippen LogP contribution in [0.1, 0.15) is 22.6 Å². The third-order valence-corrected chi connectivity index (χ3v) is 12.6. The first-order valence-electron chi connectivity index (χ1n) is 19.2. The van der Waals surface area contributed by atoms with Gasteiger partial charge in [-0.15, -0.1) is 11.3 Å². The summed E-state index contributed by atoms with van der Waals surface area (Å²) in [6, 6.07) is 64.2. The van der Waals surface area contributed by atoms with Crippen LogP contribution in [-0.4, -0.2) is 15.0 Å². The summed E-state index contributed by atoms with van der Waals surface area (Å²) in [7, 11) is 0. The minimum Gasteiger partial charge on any atom is -0.456 e. The first kappa shape index (κ1) is 32.1. The van der Waals surface area contributed by atoms with E-state index in [4.69, 9.17) is 19.4 Å². The molecule has 3 heterocycles. The zero-order valence-electron chi connectivity index (χ0n) is 30.6. The molecule has 0 saturated heterocycles. The minimum atomic E-state index is 0.0932. The molecule has 0 aliphatic heterocycles. The predicted molar refractivity (Wildman–Crippen MR) is 235 cm³/mol. The van der Waals surface area contributed by atoms with Gasteiger partial charge in [0.05, 0.1) is 0 Å². The summed E-state index contributed by atoms with van der Waals surface area (Å²) in [6.07, 6.45) is 0. The van der Waals surface area contributed by atoms with Crippen LogP contribution in [0, 0.1) is 0 Å². The van der Waals surface area contributed by atoms with Gasteiger partial charge in [0, 0.05) is 59.1 Å². The van der Waals surface area contributed by atoms with E-state index in [1.165, 1.54) is 53.6 Å². The van der Waals surface area contributed by atoms with Crippen LogP contribution < -0.4 is 0 Å². The fraction of sp³-hybridized carbons (Fsp3) is 0.0192. The maximum absolute atomic E-state index is 6.72. The Morgan fingerprint density at radius 1 is 0.421 bits per heavy atom. The highest BCUT2D eigenvalue weighted by molar-refractivity contribution is 7.26. The second-order valence-electron chi connectivity index (χ2n) is 14.7. The van der Waals surface area contributed by atoms with Crippen LogP contribution in [0.3, 0.4) is 0 Å². The van der Waals surface area contributed by atoms with Crippen molar-refractivity contribution in [1.82, 2.24) is 15.0 Å². The van der Waals surface area contributed by atoms with Gasteiger partial charge in [-0.3, -0.25) is 0 Å². The highest BCUT2D eigenvalue weighted by atomic mass is 32.1. The van der Waals surface area contributed by atoms with Gasteiger partial charge < -0.3 is 4.42 Å². The standard InChI is InChI=1S/C52H31N3OS/c1-3-12-31(13-4-1)32-22-24-34(25-23-32)51-53-50(33-14-5-2-6-15-33)54-52(55-51)42-19-11-20-43-47(42)40-27-26-35(30-44(40)56-43)46-37-17-7-8-18-38(37)48-41(46)29-28-39-36-16-9-10-21-45(36)57-49(39)48/h1-30,46H. The molecular formula is C52H31N3OS. The first-order valence-corrected chi connectivity index (χ1v) is 20.0. The lowest BCUT2D eigenvalue weighted by molar-refractivity contribution is 0.668. The van der Waals surface area contributed by atoms with Crippen LogP contribution in [0.4, 0.5) is 0 Å². The van der Waals surface area contributed by atoms with E-state index in [-0.39, 0.29) is 5.92 Å². The molecular weight excluding hydrogens is 715 g/mol. The molecule has 1 unspecified atom stereocenters. The lowest BCUT2D eigenvalue weighted by atomic mass is 9.88. The molecule has 0 N–H and O–H groups in total. The Labute approximate surface area is 332 Å². The molecule has 4 nitrogen and oxygen atoms in total. The molecule has 57 heavy (non-hydrogen) atoms. The molecule has 0 saturated carbocycles. The van der Waals surface area contributed by atoms with Crippen LogP contribution in [0.5, 0.6) is 0 Å². The summed E-state index contributed by atoms with van der Waals surface area (Å²) < 4.78 is 9.40. The van der Waals surface area contributed by atoms with Gasteiger partial charge in [-0.1, -0.05) is 164 Å². The van der Waals surface area contributed by atoms with E-state index in [0.29, 0.717) is 17.5 Å². The Morgan fingerprint density at radius 3 is 1.88 bits per heavy atom. The quantitative estimate of drug-likeness (QED) is 0.176. The van der Waals surface area contributed by atoms with Gasteiger partial charge in [0.1, 0.15) is 11.2 Å². The van der Waals surface area contributed by atoms with Crippen molar-refractivity contribution < 1.29 is 4.42 Å². The first-order chi connectivity index (χ1) is 28.2. The molecule has 3 aromatic heterocycles. The van der Waals surface area contributed by atoms with Gasteiger partial charge in [0.25, 0.3) is 0 Å². The highest BCUT2D eigenvalue weighted by Crippen LogP contribution is 2.53. The second-order valence-corrected chi connectivity index (χ2v) is 15.7. The normalized spacial score (nSPS) is 13.4. The number of aromatic nitrogens is 3. The number of benzene rings is 8. The number of rotatable bonds is 5. The second kappa shape index (κ2) is 12.7. The summed E-state index contributed by atoms with van der Waals surface area (Å²) >= 11 is 1.90. The van der Waals surface area contributed by atoms with Crippen LogP contribution in [-0.2, 0) is 0 Å². The Bertz CT molecular complexity index is 3350. The third kappa shape index (κ3) is 5.10. The Morgan fingerprint density at radius 2 is 1.05 bits per heavy atom. The molecule has 5 heteroatoms. The molecule has 0 amide bonds. The fourth-order valence-electron chi connectivity index (χ4n) is 8.82. The third-order valence-electron chi connectivity index (χ3n) is 11.4. The zero-order chi connectivity index (χ0) is 37.5. The lowest BCUT2D eigenvalue weighted by Crippen LogP contribution is -2.00. The smallest absolute Gasteiger partial charge is 0.164 e. The molecule has 12 rings (SSSR count). The molecule has 11 aromatic rings. The van der Waals surface area contributed by atoms with Gasteiger partial charge >= 0.3 is 0 Å². The molecule has 1 aliphatic carbocycles. The van der Waals surface area contributed by atoms with E-state index in [0.717, 1.165) is 44.2 Å². The molecule has 1 atom stereocenters. The van der Waals surface area contributed by atoms with Crippen LogP contribution in [0.15, 0.2) is 186 Å². The highest BCUT2D eigenvalue weighted by Gasteiger charge is 2.32. The molecule has 1 aliphatic rings. The summed E-state index contributed by atoms with van der Waals surface area (Å²) in [5, 5.41) is 4.68. The predicted octanol–water partition coefficient (Wildman–Crippen LogP) is 14.0. The number of fused-ring (bicyclic) bond motifs is 10. The zero-order valence-corrected chi connectivity index (χ0v) is 31.4. The van der Waals surface area contributed by atoms with E-state index < -0.39 is 0 Å². The Kier molecular flexibility index (Phi) is 7.13. The number of hydrogen-bond acceptors (Lipinski definition) is 5. The van der Waals surface area contributed by atoms with E-state index in [1.807, 2.05) is 59.9 Å². The topological polar surface area (TPSA) is 51.8 Å². The molecule has 0 bridgehead atoms. The van der Waals surface area contributed by atoms with Gasteiger partial charge in [-0.2, -0.15) is 0 Å². The average Bonchev–Trinajstić information content (AvgIpc) is 3.96. The largest absolute Gasteiger partial charge is 0.456 e. The molecule has 0 spiro atoms. The van der Waals surface area contributed by atoms with E-state index in [1.54, 1.807) is 0 Å². The summed E-state index contributed by atoms with van der Waals surface area (Å²) in [6.45, 7) is 0. The van der Waals surface area contributed by atoms with Gasteiger partial charge in [-0.05, 0) is 51.6 Å². The van der Waals surface area contributed by atoms with Crippen molar-refractivity contribution in [3.8, 4) is 56.4 Å². The van der Waals surface area contributed by atoms with Crippen molar-refractivity contribution in [2.75, 3.05) is 0 Å². The van der Waals surface area contributed by atoms with E-state index in [2.05, 4.69) is 133 Å². The average molecular weight is 746 g/mol. The number of furan rings is 1. The van der Waals surface area contributed by atoms with E-state index in [9.17, 15) is 0 Å². The van der Waals surface area contributed by atoms with Crippen LogP contribution in [0.25, 0.3) is 98.5 Å². The number of hydrogen-bond donors (Lipinski definition) is 0. The van der Waals surface area contributed by atoms with Crippen molar-refractivity contribution in [1.29, 1.82) is 0 Å². The Balaban J connectivity index is 1.00.